The van der Waals surface area contributed by atoms with Crippen LogP contribution in [-0.4, -0.2) is 57.7 Å². The van der Waals surface area contributed by atoms with E-state index in [0.717, 1.165) is 52.9 Å². The molecule has 1 fully saturated rings. The molecule has 2 aromatic carbocycles. The van der Waals surface area contributed by atoms with E-state index in [1.165, 1.54) is 11.8 Å². The number of nitrogens with zero attached hydrogens (tertiary/aromatic N) is 4. The minimum Gasteiger partial charge on any atom is -0.494 e. The molecule has 0 unspecified atom stereocenters. The Balaban J connectivity index is 1.46. The zero-order chi connectivity index (χ0) is 25.1. The van der Waals surface area contributed by atoms with Crippen molar-refractivity contribution < 1.29 is 14.3 Å². The fourth-order valence-corrected chi connectivity index (χ4v) is 5.29. The Morgan fingerprint density at radius 3 is 2.50 bits per heavy atom. The number of morpholine rings is 1. The van der Waals surface area contributed by atoms with Gasteiger partial charge in [0.25, 0.3) is 5.91 Å². The molecule has 36 heavy (non-hydrogen) atoms. The van der Waals surface area contributed by atoms with Gasteiger partial charge in [-0.15, -0.1) is 0 Å². The molecule has 0 spiro atoms. The molecule has 0 aliphatic carbocycles. The van der Waals surface area contributed by atoms with Crippen molar-refractivity contribution in [2.45, 2.75) is 39.4 Å². The second-order valence-electron chi connectivity index (χ2n) is 9.06. The van der Waals surface area contributed by atoms with Crippen molar-refractivity contribution in [3.8, 4) is 22.7 Å². The van der Waals surface area contributed by atoms with Crippen molar-refractivity contribution in [3.63, 3.8) is 0 Å². The number of rotatable bonds is 6. The fourth-order valence-electron chi connectivity index (χ4n) is 4.37. The molecule has 3 aromatic rings. The second kappa shape index (κ2) is 10.7. The van der Waals surface area contributed by atoms with Gasteiger partial charge in [-0.25, -0.2) is 4.68 Å². The minimum atomic E-state index is -0.219. The van der Waals surface area contributed by atoms with E-state index in [-0.39, 0.29) is 18.1 Å². The molecular weight excluding hydrogens is 472 g/mol. The molecule has 2 atom stereocenters. The number of aliphatic imine (C=N–C) groups is 1. The van der Waals surface area contributed by atoms with Crippen LogP contribution in [0.15, 0.2) is 70.7 Å². The Labute approximate surface area is 215 Å². The Kier molecular flexibility index (Phi) is 7.25. The van der Waals surface area contributed by atoms with Crippen LogP contribution in [0.2, 0.25) is 0 Å². The lowest BCUT2D eigenvalue weighted by molar-refractivity contribution is -0.113. The zero-order valence-electron chi connectivity index (χ0n) is 20.8. The summed E-state index contributed by atoms with van der Waals surface area (Å²) in [5.41, 5.74) is 3.55. The summed E-state index contributed by atoms with van der Waals surface area (Å²) in [6.07, 6.45) is 5.02. The first-order valence-electron chi connectivity index (χ1n) is 12.3. The van der Waals surface area contributed by atoms with E-state index in [0.29, 0.717) is 11.5 Å². The van der Waals surface area contributed by atoms with Gasteiger partial charge in [0.05, 0.1) is 35.1 Å². The average molecular weight is 503 g/mol. The molecule has 0 radical (unpaired) electrons. The number of para-hydroxylation sites is 1. The summed E-state index contributed by atoms with van der Waals surface area (Å²) in [5, 5.41) is 5.62. The topological polar surface area (TPSA) is 68.9 Å². The molecule has 8 heteroatoms. The molecule has 2 aliphatic heterocycles. The van der Waals surface area contributed by atoms with Crippen LogP contribution in [0, 0.1) is 0 Å². The number of carbonyl (C=O) groups excluding carboxylic acids is 1. The molecule has 1 aromatic heterocycles. The Morgan fingerprint density at radius 1 is 1.08 bits per heavy atom. The summed E-state index contributed by atoms with van der Waals surface area (Å²) in [6.45, 7) is 8.30. The van der Waals surface area contributed by atoms with Gasteiger partial charge in [0.2, 0.25) is 0 Å². The van der Waals surface area contributed by atoms with Crippen molar-refractivity contribution in [2.24, 2.45) is 4.99 Å². The van der Waals surface area contributed by atoms with E-state index >= 15 is 0 Å². The molecule has 1 saturated heterocycles. The smallest absolute Gasteiger partial charge is 0.286 e. The van der Waals surface area contributed by atoms with Gasteiger partial charge in [0.1, 0.15) is 5.75 Å². The molecule has 1 amide bonds. The van der Waals surface area contributed by atoms with E-state index in [9.17, 15) is 4.79 Å². The van der Waals surface area contributed by atoms with Gasteiger partial charge in [-0.2, -0.15) is 10.1 Å². The number of hydrogen-bond acceptors (Lipinski definition) is 6. The van der Waals surface area contributed by atoms with Crippen molar-refractivity contribution in [1.82, 2.24) is 14.7 Å². The highest BCUT2D eigenvalue weighted by Gasteiger charge is 2.31. The third kappa shape index (κ3) is 5.39. The number of aromatic nitrogens is 2. The maximum Gasteiger partial charge on any atom is 0.286 e. The summed E-state index contributed by atoms with van der Waals surface area (Å²) >= 11 is 1.42. The predicted octanol–water partition coefficient (Wildman–Crippen LogP) is 5.41. The van der Waals surface area contributed by atoms with Gasteiger partial charge in [-0.05, 0) is 74.5 Å². The Morgan fingerprint density at radius 2 is 1.81 bits per heavy atom. The Bertz CT molecular complexity index is 1270. The summed E-state index contributed by atoms with van der Waals surface area (Å²) in [5.74, 6) is 0.611. The van der Waals surface area contributed by atoms with Gasteiger partial charge in [-0.3, -0.25) is 4.79 Å². The van der Waals surface area contributed by atoms with E-state index in [1.54, 1.807) is 0 Å². The number of ether oxygens (including phenoxy) is 2. The Hall–Kier alpha value is -3.36. The molecule has 186 valence electrons. The van der Waals surface area contributed by atoms with Crippen molar-refractivity contribution in [3.05, 3.63) is 71.3 Å². The van der Waals surface area contributed by atoms with Crippen LogP contribution in [0.4, 0.5) is 0 Å². The first-order chi connectivity index (χ1) is 17.5. The highest BCUT2D eigenvalue weighted by Crippen LogP contribution is 2.34. The van der Waals surface area contributed by atoms with E-state index in [2.05, 4.69) is 16.8 Å². The second-order valence-corrected chi connectivity index (χ2v) is 10.1. The summed E-state index contributed by atoms with van der Waals surface area (Å²) in [4.78, 5) is 20.0. The number of amidine groups is 1. The molecule has 0 N–H and O–H groups in total. The van der Waals surface area contributed by atoms with Crippen LogP contribution in [0.5, 0.6) is 5.75 Å². The minimum absolute atomic E-state index is 0.0974. The third-order valence-electron chi connectivity index (χ3n) is 5.95. The largest absolute Gasteiger partial charge is 0.494 e. The first kappa shape index (κ1) is 24.3. The number of hydrogen-bond donors (Lipinski definition) is 0. The molecule has 0 saturated carbocycles. The summed E-state index contributed by atoms with van der Waals surface area (Å²) in [6, 6.07) is 17.9. The average Bonchev–Trinajstić information content (AvgIpc) is 3.47. The summed E-state index contributed by atoms with van der Waals surface area (Å²) in [7, 11) is 0. The van der Waals surface area contributed by atoms with Gasteiger partial charge in [-0.1, -0.05) is 25.1 Å². The first-order valence-corrected chi connectivity index (χ1v) is 13.1. The molecule has 7 nitrogen and oxygen atoms in total. The van der Waals surface area contributed by atoms with Crippen molar-refractivity contribution >= 4 is 28.9 Å². The fraction of sp³-hybridized carbons (Fsp3) is 0.321. The number of amides is 1. The highest BCUT2D eigenvalue weighted by atomic mass is 32.2. The molecule has 5 rings (SSSR count). The van der Waals surface area contributed by atoms with Crippen LogP contribution >= 0.6 is 11.8 Å². The van der Waals surface area contributed by atoms with Crippen LogP contribution in [0.25, 0.3) is 23.0 Å². The quantitative estimate of drug-likeness (QED) is 0.420. The molecular formula is C28H30N4O3S. The third-order valence-corrected chi connectivity index (χ3v) is 6.99. The number of thioether (sulfide) groups is 1. The maximum absolute atomic E-state index is 12.9. The van der Waals surface area contributed by atoms with Crippen molar-refractivity contribution in [1.29, 1.82) is 0 Å². The molecule has 3 heterocycles. The number of carbonyl (C=O) groups is 1. The van der Waals surface area contributed by atoms with E-state index < -0.39 is 0 Å². The van der Waals surface area contributed by atoms with Gasteiger partial charge in [0, 0.05) is 30.4 Å². The monoisotopic (exact) mass is 502 g/mol. The van der Waals surface area contributed by atoms with Gasteiger partial charge < -0.3 is 14.4 Å². The zero-order valence-corrected chi connectivity index (χ0v) is 21.6. The lowest BCUT2D eigenvalue weighted by Crippen LogP contribution is -2.47. The SMILES string of the molecule is CCCOc1ccc(-c2nn(-c3ccccc3)cc2/C=C2\SC(N3C[C@@H](C)O[C@@H](C)C3)=NC2=O)cc1. The highest BCUT2D eigenvalue weighted by molar-refractivity contribution is 8.18. The van der Waals surface area contributed by atoms with E-state index in [1.807, 2.05) is 85.4 Å². The number of benzene rings is 2. The van der Waals surface area contributed by atoms with Crippen LogP contribution in [0.3, 0.4) is 0 Å². The lowest BCUT2D eigenvalue weighted by Gasteiger charge is -2.35. The van der Waals surface area contributed by atoms with Crippen molar-refractivity contribution in [2.75, 3.05) is 19.7 Å². The molecule has 2 aliphatic rings. The standard InChI is InChI=1S/C28H30N4O3S/c1-4-14-34-24-12-10-21(11-13-24)26-22(18-32(30-26)23-8-6-5-7-9-23)15-25-27(33)29-28(36-25)31-16-19(2)35-20(3)17-31/h5-13,15,18-20H,4,14,16-17H2,1-3H3/b25-15-/t19-,20+. The van der Waals surface area contributed by atoms with E-state index in [4.69, 9.17) is 14.6 Å². The van der Waals surface area contributed by atoms with Crippen LogP contribution < -0.4 is 4.74 Å². The predicted molar refractivity (Wildman–Crippen MR) is 144 cm³/mol. The van der Waals surface area contributed by atoms with Gasteiger partial charge in [0.15, 0.2) is 5.17 Å². The van der Waals surface area contributed by atoms with Crippen LogP contribution in [-0.2, 0) is 9.53 Å². The van der Waals surface area contributed by atoms with Gasteiger partial charge >= 0.3 is 0 Å². The normalized spacial score (nSPS) is 21.2. The molecule has 0 bridgehead atoms. The maximum atomic E-state index is 12.9. The lowest BCUT2D eigenvalue weighted by atomic mass is 10.1. The van der Waals surface area contributed by atoms with Crippen LogP contribution in [0.1, 0.15) is 32.8 Å². The summed E-state index contributed by atoms with van der Waals surface area (Å²) < 4.78 is 13.4.